The number of hydrogen-bond donors (Lipinski definition) is 0. The van der Waals surface area contributed by atoms with Gasteiger partial charge in [0, 0.05) is 38.8 Å². The number of ether oxygens (including phenoxy) is 1. The van der Waals surface area contributed by atoms with Crippen LogP contribution in [-0.2, 0) is 4.79 Å². The second-order valence-corrected chi connectivity index (χ2v) is 6.95. The maximum Gasteiger partial charge on any atom is 0.312 e. The van der Waals surface area contributed by atoms with Crippen LogP contribution >= 0.6 is 0 Å². The fourth-order valence-corrected chi connectivity index (χ4v) is 3.63. The molecule has 2 aliphatic heterocycles. The number of piperidine rings is 1. The average Bonchev–Trinajstić information content (AvgIpc) is 2.62. The maximum atomic E-state index is 11.9. The molecule has 0 radical (unpaired) electrons. The number of esters is 1. The first-order chi connectivity index (χ1) is 11.7. The van der Waals surface area contributed by atoms with Crippen LogP contribution in [0.4, 0.5) is 0 Å². The molecule has 0 aromatic heterocycles. The standard InChI is InChI=1S/C19H29N3O2/c1-20-10-7-17(8-11-20)22-15-13-21(14-16-22)12-9-19(23)24-18-5-3-2-4-6-18/h2-6,17H,7-16H2,1H3. The normalized spacial score (nSPS) is 21.7. The molecular weight excluding hydrogens is 302 g/mol. The second-order valence-electron chi connectivity index (χ2n) is 6.95. The lowest BCUT2D eigenvalue weighted by Crippen LogP contribution is -2.53. The van der Waals surface area contributed by atoms with Gasteiger partial charge in [-0.1, -0.05) is 18.2 Å². The van der Waals surface area contributed by atoms with Gasteiger partial charge in [-0.2, -0.15) is 0 Å². The Morgan fingerprint density at radius 2 is 1.71 bits per heavy atom. The van der Waals surface area contributed by atoms with Crippen LogP contribution < -0.4 is 4.74 Å². The zero-order valence-electron chi connectivity index (χ0n) is 14.7. The highest BCUT2D eigenvalue weighted by Crippen LogP contribution is 2.17. The largest absolute Gasteiger partial charge is 0.426 e. The van der Waals surface area contributed by atoms with Crippen LogP contribution in [0.3, 0.4) is 0 Å². The summed E-state index contributed by atoms with van der Waals surface area (Å²) in [5, 5.41) is 0. The Morgan fingerprint density at radius 1 is 1.04 bits per heavy atom. The lowest BCUT2D eigenvalue weighted by molar-refractivity contribution is -0.134. The summed E-state index contributed by atoms with van der Waals surface area (Å²) in [6.45, 7) is 7.61. The van der Waals surface area contributed by atoms with Crippen molar-refractivity contribution in [1.29, 1.82) is 0 Å². The summed E-state index contributed by atoms with van der Waals surface area (Å²) in [4.78, 5) is 19.4. The van der Waals surface area contributed by atoms with E-state index in [0.29, 0.717) is 12.2 Å². The molecule has 2 aliphatic rings. The highest BCUT2D eigenvalue weighted by molar-refractivity contribution is 5.72. The number of likely N-dealkylation sites (tertiary alicyclic amines) is 1. The third kappa shape index (κ3) is 5.03. The van der Waals surface area contributed by atoms with E-state index in [1.165, 1.54) is 25.9 Å². The number of rotatable bonds is 5. The Morgan fingerprint density at radius 3 is 2.38 bits per heavy atom. The molecule has 0 saturated carbocycles. The molecule has 5 nitrogen and oxygen atoms in total. The molecule has 0 N–H and O–H groups in total. The van der Waals surface area contributed by atoms with E-state index in [1.54, 1.807) is 0 Å². The van der Waals surface area contributed by atoms with E-state index in [4.69, 9.17) is 4.74 Å². The Labute approximate surface area is 145 Å². The minimum absolute atomic E-state index is 0.140. The molecule has 0 aliphatic carbocycles. The monoisotopic (exact) mass is 331 g/mol. The van der Waals surface area contributed by atoms with Crippen LogP contribution in [0, 0.1) is 0 Å². The fourth-order valence-electron chi connectivity index (χ4n) is 3.63. The van der Waals surface area contributed by atoms with E-state index in [-0.39, 0.29) is 5.97 Å². The molecule has 0 amide bonds. The van der Waals surface area contributed by atoms with Crippen LogP contribution in [0.25, 0.3) is 0 Å². The van der Waals surface area contributed by atoms with E-state index in [2.05, 4.69) is 21.7 Å². The summed E-state index contributed by atoms with van der Waals surface area (Å²) in [7, 11) is 2.21. The molecule has 24 heavy (non-hydrogen) atoms. The Kier molecular flexibility index (Phi) is 6.24. The summed E-state index contributed by atoms with van der Waals surface area (Å²) >= 11 is 0. The molecule has 0 atom stereocenters. The number of nitrogens with zero attached hydrogens (tertiary/aromatic N) is 3. The summed E-state index contributed by atoms with van der Waals surface area (Å²) in [6, 6.07) is 10.1. The molecule has 132 valence electrons. The minimum Gasteiger partial charge on any atom is -0.426 e. The summed E-state index contributed by atoms with van der Waals surface area (Å²) in [6.07, 6.45) is 3.04. The predicted molar refractivity (Wildman–Crippen MR) is 95.2 cm³/mol. The predicted octanol–water partition coefficient (Wildman–Crippen LogP) is 1.69. The lowest BCUT2D eigenvalue weighted by atomic mass is 10.0. The van der Waals surface area contributed by atoms with Gasteiger partial charge >= 0.3 is 5.97 Å². The van der Waals surface area contributed by atoms with Gasteiger partial charge in [-0.15, -0.1) is 0 Å². The van der Waals surface area contributed by atoms with E-state index in [0.717, 1.165) is 38.8 Å². The van der Waals surface area contributed by atoms with Crippen molar-refractivity contribution in [2.45, 2.75) is 25.3 Å². The highest BCUT2D eigenvalue weighted by Gasteiger charge is 2.26. The van der Waals surface area contributed by atoms with Gasteiger partial charge < -0.3 is 14.5 Å². The highest BCUT2D eigenvalue weighted by atomic mass is 16.5. The third-order valence-corrected chi connectivity index (χ3v) is 5.22. The summed E-state index contributed by atoms with van der Waals surface area (Å²) in [5.74, 6) is 0.494. The molecule has 0 unspecified atom stereocenters. The van der Waals surface area contributed by atoms with Crippen molar-refractivity contribution >= 4 is 5.97 Å². The van der Waals surface area contributed by atoms with Crippen LogP contribution in [0.5, 0.6) is 5.75 Å². The first kappa shape index (κ1) is 17.4. The van der Waals surface area contributed by atoms with Crippen molar-refractivity contribution in [2.75, 3.05) is 52.9 Å². The van der Waals surface area contributed by atoms with Gasteiger partial charge in [0.15, 0.2) is 0 Å². The minimum atomic E-state index is -0.140. The number of carbonyl (C=O) groups is 1. The van der Waals surface area contributed by atoms with Crippen molar-refractivity contribution in [2.24, 2.45) is 0 Å². The molecule has 0 spiro atoms. The van der Waals surface area contributed by atoms with E-state index < -0.39 is 0 Å². The molecule has 0 bridgehead atoms. The number of hydrogen-bond acceptors (Lipinski definition) is 5. The molecule has 3 rings (SSSR count). The topological polar surface area (TPSA) is 36.0 Å². The zero-order valence-corrected chi connectivity index (χ0v) is 14.7. The zero-order chi connectivity index (χ0) is 16.8. The first-order valence-corrected chi connectivity index (χ1v) is 9.11. The molecule has 1 aromatic carbocycles. The van der Waals surface area contributed by atoms with Crippen LogP contribution in [-0.4, -0.2) is 79.6 Å². The summed E-state index contributed by atoms with van der Waals surface area (Å²) < 4.78 is 5.35. The fraction of sp³-hybridized carbons (Fsp3) is 0.632. The van der Waals surface area contributed by atoms with Crippen molar-refractivity contribution in [3.63, 3.8) is 0 Å². The van der Waals surface area contributed by atoms with Crippen molar-refractivity contribution in [1.82, 2.24) is 14.7 Å². The summed E-state index contributed by atoms with van der Waals surface area (Å²) in [5.41, 5.74) is 0. The molecule has 2 fully saturated rings. The molecule has 2 saturated heterocycles. The number of benzene rings is 1. The number of piperazine rings is 1. The van der Waals surface area contributed by atoms with Crippen LogP contribution in [0.2, 0.25) is 0 Å². The quantitative estimate of drug-likeness (QED) is 0.606. The van der Waals surface area contributed by atoms with Gasteiger partial charge in [0.05, 0.1) is 6.42 Å². The Bertz CT molecular complexity index is 507. The van der Waals surface area contributed by atoms with E-state index in [1.807, 2.05) is 30.3 Å². The van der Waals surface area contributed by atoms with Crippen molar-refractivity contribution < 1.29 is 9.53 Å². The van der Waals surface area contributed by atoms with Crippen LogP contribution in [0.15, 0.2) is 30.3 Å². The van der Waals surface area contributed by atoms with Crippen molar-refractivity contribution in [3.8, 4) is 5.75 Å². The van der Waals surface area contributed by atoms with Gasteiger partial charge in [-0.05, 0) is 45.1 Å². The Hall–Kier alpha value is -1.43. The first-order valence-electron chi connectivity index (χ1n) is 9.11. The smallest absolute Gasteiger partial charge is 0.312 e. The number of para-hydroxylation sites is 1. The molecule has 2 heterocycles. The molecule has 5 heteroatoms. The van der Waals surface area contributed by atoms with Gasteiger partial charge in [0.25, 0.3) is 0 Å². The number of carbonyl (C=O) groups excluding carboxylic acids is 1. The van der Waals surface area contributed by atoms with E-state index in [9.17, 15) is 4.79 Å². The van der Waals surface area contributed by atoms with Gasteiger partial charge in [0.1, 0.15) is 5.75 Å². The Balaban J connectivity index is 1.34. The van der Waals surface area contributed by atoms with Gasteiger partial charge in [0.2, 0.25) is 0 Å². The average molecular weight is 331 g/mol. The molecular formula is C19H29N3O2. The van der Waals surface area contributed by atoms with Crippen LogP contribution in [0.1, 0.15) is 19.3 Å². The molecule has 1 aromatic rings. The lowest BCUT2D eigenvalue weighted by Gasteiger charge is -2.42. The van der Waals surface area contributed by atoms with Gasteiger partial charge in [-0.25, -0.2) is 0 Å². The third-order valence-electron chi connectivity index (χ3n) is 5.22. The van der Waals surface area contributed by atoms with Crippen molar-refractivity contribution in [3.05, 3.63) is 30.3 Å². The van der Waals surface area contributed by atoms with Gasteiger partial charge in [-0.3, -0.25) is 9.69 Å². The maximum absolute atomic E-state index is 11.9. The SMILES string of the molecule is CN1CCC(N2CCN(CCC(=O)Oc3ccccc3)CC2)CC1. The second kappa shape index (κ2) is 8.60. The van der Waals surface area contributed by atoms with E-state index >= 15 is 0 Å².